The number of carbonyl (C=O) groups is 2. The molecule has 26 heavy (non-hydrogen) atoms. The molecule has 0 saturated heterocycles. The van der Waals surface area contributed by atoms with Gasteiger partial charge in [-0.1, -0.05) is 0 Å². The third kappa shape index (κ3) is 5.44. The van der Waals surface area contributed by atoms with E-state index in [-0.39, 0.29) is 11.9 Å². The number of aromatic nitrogens is 2. The summed E-state index contributed by atoms with van der Waals surface area (Å²) in [7, 11) is 1.74. The van der Waals surface area contributed by atoms with E-state index < -0.39 is 5.60 Å². The number of carbonyl (C=O) groups excluding carboxylic acids is 2. The molecule has 0 radical (unpaired) electrons. The minimum Gasteiger partial charge on any atom is -0.460 e. The first kappa shape index (κ1) is 19.7. The van der Waals surface area contributed by atoms with Gasteiger partial charge in [0.15, 0.2) is 0 Å². The average molecular weight is 357 g/mol. The normalized spacial score (nSPS) is 11.3. The molecule has 140 valence electrons. The molecule has 1 aromatic heterocycles. The van der Waals surface area contributed by atoms with Crippen LogP contribution in [0.1, 0.15) is 49.7 Å². The lowest BCUT2D eigenvalue weighted by Crippen LogP contribution is -2.29. The number of benzene rings is 1. The Morgan fingerprint density at radius 2 is 1.81 bits per heavy atom. The highest BCUT2D eigenvalue weighted by Crippen LogP contribution is 2.13. The van der Waals surface area contributed by atoms with Crippen molar-refractivity contribution >= 4 is 11.9 Å². The van der Waals surface area contributed by atoms with E-state index in [2.05, 4.69) is 5.10 Å². The van der Waals surface area contributed by atoms with Crippen LogP contribution in [0.4, 0.5) is 0 Å². The van der Waals surface area contributed by atoms with E-state index >= 15 is 0 Å². The molecular formula is C20H27N3O3. The zero-order chi connectivity index (χ0) is 19.3. The highest BCUT2D eigenvalue weighted by molar-refractivity contribution is 5.94. The Balaban J connectivity index is 1.88. The van der Waals surface area contributed by atoms with E-state index in [1.807, 2.05) is 50.6 Å². The molecule has 0 unspecified atom stereocenters. The summed E-state index contributed by atoms with van der Waals surface area (Å²) in [5.41, 5.74) is 2.08. The minimum absolute atomic E-state index is 0.0714. The van der Waals surface area contributed by atoms with Crippen molar-refractivity contribution in [1.82, 2.24) is 14.7 Å². The van der Waals surface area contributed by atoms with Crippen LogP contribution >= 0.6 is 0 Å². The van der Waals surface area contributed by atoms with Gasteiger partial charge in [-0.2, -0.15) is 5.10 Å². The Bertz CT molecular complexity index is 757. The van der Waals surface area contributed by atoms with Crippen molar-refractivity contribution in [1.29, 1.82) is 0 Å². The van der Waals surface area contributed by atoms with Gasteiger partial charge >= 0.3 is 5.97 Å². The SMILES string of the molecule is Cc1ccnn1-c1ccc(C(=O)N(C)CCCC(=O)OC(C)(C)C)cc1. The van der Waals surface area contributed by atoms with Crippen LogP contribution in [0, 0.1) is 6.92 Å². The molecule has 6 heteroatoms. The van der Waals surface area contributed by atoms with E-state index in [1.54, 1.807) is 30.3 Å². The van der Waals surface area contributed by atoms with Crippen LogP contribution in [-0.4, -0.2) is 45.8 Å². The van der Waals surface area contributed by atoms with Gasteiger partial charge in [-0.15, -0.1) is 0 Å². The van der Waals surface area contributed by atoms with Gasteiger partial charge in [-0.3, -0.25) is 9.59 Å². The van der Waals surface area contributed by atoms with Gasteiger partial charge < -0.3 is 9.64 Å². The van der Waals surface area contributed by atoms with Crippen molar-refractivity contribution in [2.24, 2.45) is 0 Å². The molecule has 0 atom stereocenters. The fourth-order valence-electron chi connectivity index (χ4n) is 2.56. The number of amides is 1. The Labute approximate surface area is 154 Å². The van der Waals surface area contributed by atoms with Gasteiger partial charge in [0, 0.05) is 37.5 Å². The average Bonchev–Trinajstić information content (AvgIpc) is 2.98. The van der Waals surface area contributed by atoms with E-state index in [0.717, 1.165) is 11.4 Å². The molecule has 0 aliphatic carbocycles. The number of rotatable bonds is 6. The summed E-state index contributed by atoms with van der Waals surface area (Å²) in [6.45, 7) is 8.00. The maximum Gasteiger partial charge on any atom is 0.306 e. The molecule has 1 amide bonds. The number of aryl methyl sites for hydroxylation is 1. The molecule has 0 saturated carbocycles. The summed E-state index contributed by atoms with van der Waals surface area (Å²) in [6.07, 6.45) is 2.61. The quantitative estimate of drug-likeness (QED) is 0.744. The second-order valence-corrected chi connectivity index (χ2v) is 7.35. The van der Waals surface area contributed by atoms with E-state index in [1.165, 1.54) is 0 Å². The van der Waals surface area contributed by atoms with Crippen molar-refractivity contribution in [3.63, 3.8) is 0 Å². The standard InChI is InChI=1S/C20H27N3O3/c1-15-12-13-21-23(15)17-10-8-16(9-11-17)19(25)22(5)14-6-7-18(24)26-20(2,3)4/h8-13H,6-7,14H2,1-5H3. The van der Waals surface area contributed by atoms with Crippen molar-refractivity contribution in [3.05, 3.63) is 47.8 Å². The summed E-state index contributed by atoms with van der Waals surface area (Å²) in [5.74, 6) is -0.310. The van der Waals surface area contributed by atoms with E-state index in [0.29, 0.717) is 24.9 Å². The van der Waals surface area contributed by atoms with Crippen LogP contribution in [-0.2, 0) is 9.53 Å². The highest BCUT2D eigenvalue weighted by Gasteiger charge is 2.17. The van der Waals surface area contributed by atoms with Crippen LogP contribution in [0.5, 0.6) is 0 Å². The summed E-state index contributed by atoms with van der Waals surface area (Å²) in [5, 5.41) is 4.26. The molecule has 0 spiro atoms. The molecule has 2 aromatic rings. The second-order valence-electron chi connectivity index (χ2n) is 7.35. The summed E-state index contributed by atoms with van der Waals surface area (Å²) < 4.78 is 7.09. The predicted molar refractivity (Wildman–Crippen MR) is 100 cm³/mol. The summed E-state index contributed by atoms with van der Waals surface area (Å²) in [4.78, 5) is 25.8. The molecule has 2 rings (SSSR count). The zero-order valence-electron chi connectivity index (χ0n) is 16.2. The highest BCUT2D eigenvalue weighted by atomic mass is 16.6. The van der Waals surface area contributed by atoms with E-state index in [9.17, 15) is 9.59 Å². The summed E-state index contributed by atoms with van der Waals surface area (Å²) >= 11 is 0. The number of ether oxygens (including phenoxy) is 1. The molecule has 6 nitrogen and oxygen atoms in total. The van der Waals surface area contributed by atoms with Crippen molar-refractivity contribution in [2.45, 2.75) is 46.1 Å². The van der Waals surface area contributed by atoms with Gasteiger partial charge in [0.05, 0.1) is 5.69 Å². The Morgan fingerprint density at radius 1 is 1.15 bits per heavy atom. The first-order valence-corrected chi connectivity index (χ1v) is 8.76. The predicted octanol–water partition coefficient (Wildman–Crippen LogP) is 3.37. The molecule has 1 heterocycles. The lowest BCUT2D eigenvalue weighted by Gasteiger charge is -2.20. The Kier molecular flexibility index (Phi) is 6.18. The molecule has 1 aromatic carbocycles. The Hall–Kier alpha value is -2.63. The topological polar surface area (TPSA) is 64.4 Å². The van der Waals surface area contributed by atoms with Gasteiger partial charge in [-0.05, 0) is 64.4 Å². The van der Waals surface area contributed by atoms with Crippen LogP contribution in [0.15, 0.2) is 36.5 Å². The molecule has 0 fully saturated rings. The molecule has 0 aliphatic rings. The van der Waals surface area contributed by atoms with Crippen molar-refractivity contribution in [3.8, 4) is 5.69 Å². The van der Waals surface area contributed by atoms with Gasteiger partial charge in [0.1, 0.15) is 5.60 Å². The maximum atomic E-state index is 12.5. The lowest BCUT2D eigenvalue weighted by molar-refractivity contribution is -0.154. The smallest absolute Gasteiger partial charge is 0.306 e. The van der Waals surface area contributed by atoms with Crippen molar-refractivity contribution in [2.75, 3.05) is 13.6 Å². The first-order valence-electron chi connectivity index (χ1n) is 8.76. The Morgan fingerprint density at radius 3 is 2.35 bits per heavy atom. The second kappa shape index (κ2) is 8.17. The first-order chi connectivity index (χ1) is 12.2. The molecule has 0 bridgehead atoms. The molecule has 0 N–H and O–H groups in total. The fraction of sp³-hybridized carbons (Fsp3) is 0.450. The van der Waals surface area contributed by atoms with Crippen molar-refractivity contribution < 1.29 is 14.3 Å². The van der Waals surface area contributed by atoms with Crippen LogP contribution in [0.3, 0.4) is 0 Å². The van der Waals surface area contributed by atoms with Gasteiger partial charge in [0.25, 0.3) is 5.91 Å². The van der Waals surface area contributed by atoms with Crippen LogP contribution in [0.2, 0.25) is 0 Å². The molecular weight excluding hydrogens is 330 g/mol. The van der Waals surface area contributed by atoms with Crippen LogP contribution < -0.4 is 0 Å². The van der Waals surface area contributed by atoms with Gasteiger partial charge in [-0.25, -0.2) is 4.68 Å². The molecule has 0 aliphatic heterocycles. The number of hydrogen-bond acceptors (Lipinski definition) is 4. The number of nitrogens with zero attached hydrogens (tertiary/aromatic N) is 3. The van der Waals surface area contributed by atoms with Crippen LogP contribution in [0.25, 0.3) is 5.69 Å². The summed E-state index contributed by atoms with van der Waals surface area (Å²) in [6, 6.07) is 9.27. The lowest BCUT2D eigenvalue weighted by atomic mass is 10.1. The van der Waals surface area contributed by atoms with Gasteiger partial charge in [0.2, 0.25) is 0 Å². The zero-order valence-corrected chi connectivity index (χ0v) is 16.2. The number of esters is 1. The fourth-order valence-corrected chi connectivity index (χ4v) is 2.56. The van der Waals surface area contributed by atoms with E-state index in [4.69, 9.17) is 4.74 Å². The third-order valence-electron chi connectivity index (χ3n) is 3.83. The minimum atomic E-state index is -0.479. The number of hydrogen-bond donors (Lipinski definition) is 0. The maximum absolute atomic E-state index is 12.5. The largest absolute Gasteiger partial charge is 0.460 e. The monoisotopic (exact) mass is 357 g/mol. The third-order valence-corrected chi connectivity index (χ3v) is 3.83.